The normalized spacial score (nSPS) is 13.9. The van der Waals surface area contributed by atoms with Gasteiger partial charge in [-0.15, -0.1) is 0 Å². The van der Waals surface area contributed by atoms with Crippen molar-refractivity contribution >= 4 is 17.8 Å². The number of carboxylic acid groups (broad SMARTS) is 2. The van der Waals surface area contributed by atoms with E-state index in [1.807, 2.05) is 0 Å². The molecule has 16 heavy (non-hydrogen) atoms. The summed E-state index contributed by atoms with van der Waals surface area (Å²) in [4.78, 5) is 31.8. The molecule has 0 aliphatic heterocycles. The van der Waals surface area contributed by atoms with E-state index in [-0.39, 0.29) is 6.54 Å². The van der Waals surface area contributed by atoms with Crippen LogP contribution in [0.1, 0.15) is 12.8 Å². The maximum absolute atomic E-state index is 11.1. The highest BCUT2D eigenvalue weighted by Crippen LogP contribution is 2.13. The number of quaternary nitrogens is 1. The average molecular weight is 233 g/mol. The molecule has 8 heteroatoms. The SMILES string of the molecule is [NH3+]CCNC(=O)CC(O)(CC(=O)[O-])C(=O)[O-]. The summed E-state index contributed by atoms with van der Waals surface area (Å²) in [5.41, 5.74) is 0.682. The lowest BCUT2D eigenvalue weighted by Crippen LogP contribution is -2.56. The number of amides is 1. The molecule has 0 fully saturated rings. The summed E-state index contributed by atoms with van der Waals surface area (Å²) < 4.78 is 0. The molecule has 0 aromatic rings. The zero-order chi connectivity index (χ0) is 12.8. The Morgan fingerprint density at radius 3 is 2.19 bits per heavy atom. The van der Waals surface area contributed by atoms with Crippen molar-refractivity contribution in [3.63, 3.8) is 0 Å². The van der Waals surface area contributed by atoms with Crippen LogP contribution in [0.4, 0.5) is 0 Å². The molecule has 0 radical (unpaired) electrons. The number of rotatable bonds is 7. The third-order valence-electron chi connectivity index (χ3n) is 1.77. The Kier molecular flexibility index (Phi) is 5.40. The van der Waals surface area contributed by atoms with Crippen LogP contribution in [0.5, 0.6) is 0 Å². The van der Waals surface area contributed by atoms with Crippen molar-refractivity contribution in [1.82, 2.24) is 5.32 Å². The van der Waals surface area contributed by atoms with Crippen LogP contribution < -0.4 is 21.3 Å². The molecule has 0 spiro atoms. The molecule has 1 unspecified atom stereocenters. The summed E-state index contributed by atoms with van der Waals surface area (Å²) in [6.07, 6.45) is -2.10. The fraction of sp³-hybridized carbons (Fsp3) is 0.625. The van der Waals surface area contributed by atoms with Crippen molar-refractivity contribution in [2.75, 3.05) is 13.1 Å². The topological polar surface area (TPSA) is 157 Å². The number of hydrogen-bond acceptors (Lipinski definition) is 6. The van der Waals surface area contributed by atoms with Gasteiger partial charge in [0.25, 0.3) is 0 Å². The lowest BCUT2D eigenvalue weighted by atomic mass is 9.95. The van der Waals surface area contributed by atoms with Gasteiger partial charge in [-0.25, -0.2) is 0 Å². The van der Waals surface area contributed by atoms with E-state index in [1.54, 1.807) is 0 Å². The van der Waals surface area contributed by atoms with Crippen molar-refractivity contribution in [2.45, 2.75) is 18.4 Å². The second-order valence-electron chi connectivity index (χ2n) is 3.25. The molecule has 0 rings (SSSR count). The molecular formula is C8H13N2O6-. The minimum Gasteiger partial charge on any atom is -0.550 e. The van der Waals surface area contributed by atoms with E-state index in [1.165, 1.54) is 0 Å². The third-order valence-corrected chi connectivity index (χ3v) is 1.77. The Balaban J connectivity index is 4.49. The molecule has 0 saturated heterocycles. The zero-order valence-corrected chi connectivity index (χ0v) is 8.52. The number of carboxylic acids is 2. The predicted molar refractivity (Wildman–Crippen MR) is 45.0 cm³/mol. The van der Waals surface area contributed by atoms with E-state index in [0.29, 0.717) is 6.54 Å². The molecule has 0 bridgehead atoms. The zero-order valence-electron chi connectivity index (χ0n) is 8.52. The van der Waals surface area contributed by atoms with Gasteiger partial charge in [0.1, 0.15) is 5.60 Å². The summed E-state index contributed by atoms with van der Waals surface area (Å²) in [6.45, 7) is 0.587. The van der Waals surface area contributed by atoms with E-state index in [4.69, 9.17) is 0 Å². The van der Waals surface area contributed by atoms with Gasteiger partial charge in [-0.3, -0.25) is 4.79 Å². The summed E-state index contributed by atoms with van der Waals surface area (Å²) in [5, 5.41) is 32.4. The first kappa shape index (κ1) is 14.3. The highest BCUT2D eigenvalue weighted by atomic mass is 16.4. The fourth-order valence-electron chi connectivity index (χ4n) is 1.00. The summed E-state index contributed by atoms with van der Waals surface area (Å²) in [6, 6.07) is 0. The van der Waals surface area contributed by atoms with Gasteiger partial charge in [0.2, 0.25) is 5.91 Å². The van der Waals surface area contributed by atoms with Crippen LogP contribution in [0, 0.1) is 0 Å². The summed E-state index contributed by atoms with van der Waals surface area (Å²) in [5.74, 6) is -4.60. The second-order valence-corrected chi connectivity index (χ2v) is 3.25. The maximum atomic E-state index is 11.1. The van der Waals surface area contributed by atoms with Gasteiger partial charge in [0.05, 0.1) is 25.5 Å². The second kappa shape index (κ2) is 6.03. The first-order chi connectivity index (χ1) is 7.31. The van der Waals surface area contributed by atoms with Crippen LogP contribution in [-0.4, -0.2) is 41.6 Å². The minimum absolute atomic E-state index is 0.202. The molecule has 0 saturated carbocycles. The van der Waals surface area contributed by atoms with Gasteiger partial charge in [0, 0.05) is 12.4 Å². The number of carbonyl (C=O) groups excluding carboxylic acids is 3. The smallest absolute Gasteiger partial charge is 0.223 e. The molecule has 92 valence electrons. The van der Waals surface area contributed by atoms with E-state index < -0.39 is 36.3 Å². The van der Waals surface area contributed by atoms with Crippen LogP contribution in [0.15, 0.2) is 0 Å². The van der Waals surface area contributed by atoms with Crippen molar-refractivity contribution in [3.05, 3.63) is 0 Å². The highest BCUT2D eigenvalue weighted by molar-refractivity contribution is 5.88. The van der Waals surface area contributed by atoms with E-state index in [2.05, 4.69) is 11.1 Å². The number of carbonyl (C=O) groups is 3. The molecule has 8 nitrogen and oxygen atoms in total. The Labute approximate surface area is 91.1 Å². The minimum atomic E-state index is -2.75. The lowest BCUT2D eigenvalue weighted by Gasteiger charge is -2.28. The van der Waals surface area contributed by atoms with Gasteiger partial charge in [-0.05, 0) is 0 Å². The van der Waals surface area contributed by atoms with Crippen molar-refractivity contribution in [2.24, 2.45) is 0 Å². The first-order valence-corrected chi connectivity index (χ1v) is 4.51. The number of hydrogen-bond donors (Lipinski definition) is 3. The third kappa shape index (κ3) is 4.71. The number of nitrogens with one attached hydrogen (secondary N) is 1. The van der Waals surface area contributed by atoms with Crippen LogP contribution in [0.2, 0.25) is 0 Å². The molecule has 1 amide bonds. The highest BCUT2D eigenvalue weighted by Gasteiger charge is 2.31. The average Bonchev–Trinajstić information content (AvgIpc) is 2.12. The fourth-order valence-corrected chi connectivity index (χ4v) is 1.00. The van der Waals surface area contributed by atoms with E-state index >= 15 is 0 Å². The molecule has 0 aliphatic carbocycles. The van der Waals surface area contributed by atoms with Crippen molar-refractivity contribution < 1.29 is 35.4 Å². The quantitative estimate of drug-likeness (QED) is 0.397. The van der Waals surface area contributed by atoms with Gasteiger partial charge < -0.3 is 36.0 Å². The number of aliphatic carboxylic acids is 2. The van der Waals surface area contributed by atoms with Gasteiger partial charge >= 0.3 is 0 Å². The Bertz CT molecular complexity index is 292. The molecule has 0 aromatic carbocycles. The largest absolute Gasteiger partial charge is 0.550 e. The maximum Gasteiger partial charge on any atom is 0.223 e. The molecule has 0 aromatic heterocycles. The Hall–Kier alpha value is -1.67. The van der Waals surface area contributed by atoms with Crippen LogP contribution >= 0.6 is 0 Å². The van der Waals surface area contributed by atoms with Crippen LogP contribution in [-0.2, 0) is 14.4 Å². The Morgan fingerprint density at radius 2 is 1.81 bits per heavy atom. The molecular weight excluding hydrogens is 220 g/mol. The monoisotopic (exact) mass is 233 g/mol. The summed E-state index contributed by atoms with van der Waals surface area (Å²) >= 11 is 0. The first-order valence-electron chi connectivity index (χ1n) is 4.51. The molecule has 0 heterocycles. The molecule has 1 atom stereocenters. The van der Waals surface area contributed by atoms with Gasteiger partial charge in [-0.2, -0.15) is 0 Å². The molecule has 0 aliphatic rings. The van der Waals surface area contributed by atoms with E-state index in [9.17, 15) is 29.7 Å². The standard InChI is InChI=1S/C8H14N2O6/c9-1-2-10-5(11)3-8(16,7(14)15)4-6(12)13/h16H,1-4,9H2,(H,10,11)(H,12,13)(H,14,15)/p-1. The lowest BCUT2D eigenvalue weighted by molar-refractivity contribution is -0.364. The van der Waals surface area contributed by atoms with Gasteiger partial charge in [-0.1, -0.05) is 0 Å². The van der Waals surface area contributed by atoms with Crippen LogP contribution in [0.25, 0.3) is 0 Å². The molecule has 5 N–H and O–H groups in total. The van der Waals surface area contributed by atoms with Crippen LogP contribution in [0.3, 0.4) is 0 Å². The Morgan fingerprint density at radius 1 is 1.25 bits per heavy atom. The number of aliphatic hydroxyl groups is 1. The predicted octanol–water partition coefficient (Wildman–Crippen LogP) is -5.64. The van der Waals surface area contributed by atoms with E-state index in [0.717, 1.165) is 0 Å². The van der Waals surface area contributed by atoms with Crippen molar-refractivity contribution in [1.29, 1.82) is 0 Å². The summed E-state index contributed by atoms with van der Waals surface area (Å²) in [7, 11) is 0. The van der Waals surface area contributed by atoms with Crippen molar-refractivity contribution in [3.8, 4) is 0 Å². The van der Waals surface area contributed by atoms with Gasteiger partial charge in [0.15, 0.2) is 0 Å².